The van der Waals surface area contributed by atoms with Crippen LogP contribution < -0.4 is 19.1 Å². The third-order valence-electron chi connectivity index (χ3n) is 5.78. The number of aryl methyl sites for hydroxylation is 1. The normalized spacial score (nSPS) is 14.7. The Kier molecular flexibility index (Phi) is 6.57. The first-order chi connectivity index (χ1) is 15.1. The monoisotopic (exact) mass is 445 g/mol. The van der Waals surface area contributed by atoms with Crippen LogP contribution in [0.5, 0.6) is 17.4 Å². The van der Waals surface area contributed by atoms with E-state index in [2.05, 4.69) is 17.2 Å². The van der Waals surface area contributed by atoms with Crippen LogP contribution in [0.3, 0.4) is 0 Å². The lowest BCUT2D eigenvalue weighted by atomic mass is 10.1. The number of rotatable bonds is 8. The fourth-order valence-electron chi connectivity index (χ4n) is 4.36. The van der Waals surface area contributed by atoms with Gasteiger partial charge < -0.3 is 23.8 Å². The molecule has 0 N–H and O–H groups in total. The van der Waals surface area contributed by atoms with E-state index in [4.69, 9.17) is 24.0 Å². The molecule has 0 aliphatic carbocycles. The highest BCUT2D eigenvalue weighted by molar-refractivity contribution is 7.16. The third kappa shape index (κ3) is 3.94. The summed E-state index contributed by atoms with van der Waals surface area (Å²) in [6.45, 7) is 6.79. The summed E-state index contributed by atoms with van der Waals surface area (Å²) in [5.41, 5.74) is 3.97. The van der Waals surface area contributed by atoms with Crippen LogP contribution in [0.25, 0.3) is 16.1 Å². The Morgan fingerprint density at radius 3 is 2.39 bits per heavy atom. The van der Waals surface area contributed by atoms with Crippen molar-refractivity contribution in [2.45, 2.75) is 39.2 Å². The number of anilines is 1. The molecule has 1 aromatic carbocycles. The van der Waals surface area contributed by atoms with Crippen LogP contribution in [-0.4, -0.2) is 56.7 Å². The summed E-state index contributed by atoms with van der Waals surface area (Å²) in [6, 6.07) is 4.47. The van der Waals surface area contributed by atoms with Gasteiger partial charge in [0.1, 0.15) is 22.0 Å². The van der Waals surface area contributed by atoms with Crippen molar-refractivity contribution in [3.63, 3.8) is 0 Å². The SMILES string of the molecule is CCCN(c1c(OC)nn2c(-c3c(OC)cc(C)cc3OC)csc12)C1CCOCC1. The van der Waals surface area contributed by atoms with Gasteiger partial charge in [-0.15, -0.1) is 16.4 Å². The van der Waals surface area contributed by atoms with Crippen LogP contribution in [-0.2, 0) is 4.74 Å². The number of ether oxygens (including phenoxy) is 4. The first-order valence-electron chi connectivity index (χ1n) is 10.7. The summed E-state index contributed by atoms with van der Waals surface area (Å²) in [6.07, 6.45) is 3.08. The Bertz CT molecular complexity index is 1010. The van der Waals surface area contributed by atoms with Crippen molar-refractivity contribution in [3.8, 4) is 28.6 Å². The second-order valence-corrected chi connectivity index (χ2v) is 8.64. The number of methoxy groups -OCH3 is 3. The fraction of sp³-hybridized carbons (Fsp3) is 0.522. The summed E-state index contributed by atoms with van der Waals surface area (Å²) in [7, 11) is 5.06. The second kappa shape index (κ2) is 9.36. The molecule has 0 saturated carbocycles. The molecule has 0 bridgehead atoms. The van der Waals surface area contributed by atoms with Gasteiger partial charge in [0.2, 0.25) is 0 Å². The third-order valence-corrected chi connectivity index (χ3v) is 6.71. The second-order valence-electron chi connectivity index (χ2n) is 7.78. The van der Waals surface area contributed by atoms with E-state index in [1.54, 1.807) is 32.7 Å². The topological polar surface area (TPSA) is 57.5 Å². The lowest BCUT2D eigenvalue weighted by molar-refractivity contribution is 0.0843. The first-order valence-corrected chi connectivity index (χ1v) is 11.6. The Morgan fingerprint density at radius 2 is 1.81 bits per heavy atom. The lowest BCUT2D eigenvalue weighted by Crippen LogP contribution is -2.40. The van der Waals surface area contributed by atoms with E-state index < -0.39 is 0 Å². The molecule has 0 spiro atoms. The van der Waals surface area contributed by atoms with Gasteiger partial charge in [0.05, 0.1) is 32.6 Å². The minimum atomic E-state index is 0.421. The van der Waals surface area contributed by atoms with Gasteiger partial charge in [-0.25, -0.2) is 4.52 Å². The number of benzene rings is 1. The van der Waals surface area contributed by atoms with Crippen LogP contribution in [0.2, 0.25) is 0 Å². The van der Waals surface area contributed by atoms with Gasteiger partial charge >= 0.3 is 0 Å². The van der Waals surface area contributed by atoms with E-state index in [1.165, 1.54) is 0 Å². The molecule has 31 heavy (non-hydrogen) atoms. The molecule has 3 heterocycles. The number of hydrogen-bond acceptors (Lipinski definition) is 7. The van der Waals surface area contributed by atoms with Crippen molar-refractivity contribution in [3.05, 3.63) is 23.1 Å². The van der Waals surface area contributed by atoms with Crippen LogP contribution in [0.1, 0.15) is 31.7 Å². The van der Waals surface area contributed by atoms with E-state index in [0.29, 0.717) is 11.9 Å². The van der Waals surface area contributed by atoms with Crippen LogP contribution in [0.4, 0.5) is 5.69 Å². The molecule has 1 fully saturated rings. The molecule has 4 rings (SSSR count). The summed E-state index contributed by atoms with van der Waals surface area (Å²) >= 11 is 1.67. The zero-order chi connectivity index (χ0) is 22.0. The number of fused-ring (bicyclic) bond motifs is 1. The average molecular weight is 446 g/mol. The Morgan fingerprint density at radius 1 is 1.13 bits per heavy atom. The smallest absolute Gasteiger partial charge is 0.258 e. The number of hydrogen-bond donors (Lipinski definition) is 0. The average Bonchev–Trinajstić information content (AvgIpc) is 3.36. The predicted octanol–water partition coefficient (Wildman–Crippen LogP) is 4.79. The van der Waals surface area contributed by atoms with Crippen molar-refractivity contribution in [1.82, 2.24) is 9.61 Å². The minimum absolute atomic E-state index is 0.421. The number of aromatic nitrogens is 2. The molecule has 7 nitrogen and oxygen atoms in total. The lowest BCUT2D eigenvalue weighted by Gasteiger charge is -2.35. The maximum Gasteiger partial charge on any atom is 0.258 e. The van der Waals surface area contributed by atoms with E-state index >= 15 is 0 Å². The van der Waals surface area contributed by atoms with Crippen molar-refractivity contribution < 1.29 is 18.9 Å². The molecule has 0 atom stereocenters. The summed E-state index contributed by atoms with van der Waals surface area (Å²) in [5.74, 6) is 2.18. The van der Waals surface area contributed by atoms with Gasteiger partial charge in [-0.2, -0.15) is 0 Å². The van der Waals surface area contributed by atoms with E-state index in [-0.39, 0.29) is 0 Å². The van der Waals surface area contributed by atoms with Crippen molar-refractivity contribution >= 4 is 21.9 Å². The standard InChI is InChI=1S/C23H31N3O4S/c1-6-9-25(16-7-10-30-11-8-16)21-22(29-5)24-26-17(14-31-23(21)26)20-18(27-3)12-15(2)13-19(20)28-4/h12-14,16H,6-11H2,1-5H3. The van der Waals surface area contributed by atoms with Crippen molar-refractivity contribution in [2.24, 2.45) is 0 Å². The zero-order valence-electron chi connectivity index (χ0n) is 18.9. The summed E-state index contributed by atoms with van der Waals surface area (Å²) < 4.78 is 24.8. The zero-order valence-corrected chi connectivity index (χ0v) is 19.8. The van der Waals surface area contributed by atoms with Gasteiger partial charge in [-0.05, 0) is 43.9 Å². The maximum absolute atomic E-state index is 5.77. The molecule has 0 amide bonds. The maximum atomic E-state index is 5.77. The summed E-state index contributed by atoms with van der Waals surface area (Å²) in [5, 5.41) is 6.98. The van der Waals surface area contributed by atoms with E-state index in [9.17, 15) is 0 Å². The molecule has 1 saturated heterocycles. The van der Waals surface area contributed by atoms with Crippen molar-refractivity contribution in [1.29, 1.82) is 0 Å². The molecule has 1 aliphatic heterocycles. The van der Waals surface area contributed by atoms with Gasteiger partial charge in [0.25, 0.3) is 5.88 Å². The van der Waals surface area contributed by atoms with E-state index in [0.717, 1.165) is 77.9 Å². The first kappa shape index (κ1) is 21.8. The highest BCUT2D eigenvalue weighted by Gasteiger charge is 2.30. The van der Waals surface area contributed by atoms with Gasteiger partial charge in [-0.1, -0.05) is 6.92 Å². The van der Waals surface area contributed by atoms with Crippen LogP contribution in [0, 0.1) is 6.92 Å². The van der Waals surface area contributed by atoms with Crippen LogP contribution in [0.15, 0.2) is 17.5 Å². The van der Waals surface area contributed by atoms with E-state index in [1.807, 2.05) is 23.6 Å². The summed E-state index contributed by atoms with van der Waals surface area (Å²) in [4.78, 5) is 3.53. The molecular formula is C23H31N3O4S. The predicted molar refractivity (Wildman–Crippen MR) is 124 cm³/mol. The Labute approximate surface area is 187 Å². The quantitative estimate of drug-likeness (QED) is 0.497. The molecule has 0 unspecified atom stereocenters. The molecule has 2 aromatic heterocycles. The van der Waals surface area contributed by atoms with Crippen LogP contribution >= 0.6 is 11.3 Å². The van der Waals surface area contributed by atoms with Gasteiger partial charge in [0.15, 0.2) is 0 Å². The fourth-order valence-corrected chi connectivity index (χ4v) is 5.36. The largest absolute Gasteiger partial charge is 0.496 e. The molecule has 168 valence electrons. The molecule has 0 radical (unpaired) electrons. The minimum Gasteiger partial charge on any atom is -0.496 e. The highest BCUT2D eigenvalue weighted by atomic mass is 32.1. The van der Waals surface area contributed by atoms with Gasteiger partial charge in [-0.3, -0.25) is 0 Å². The molecular weight excluding hydrogens is 414 g/mol. The van der Waals surface area contributed by atoms with Crippen molar-refractivity contribution in [2.75, 3.05) is 46.0 Å². The Hall–Kier alpha value is -2.45. The Balaban J connectivity index is 1.89. The molecule has 8 heteroatoms. The highest BCUT2D eigenvalue weighted by Crippen LogP contribution is 2.45. The number of thiazole rings is 1. The number of nitrogens with zero attached hydrogens (tertiary/aromatic N) is 3. The molecule has 1 aliphatic rings. The van der Waals surface area contributed by atoms with Gasteiger partial charge in [0, 0.05) is 31.2 Å². The molecule has 3 aromatic rings.